The Balaban J connectivity index is 2.37. The van der Waals surface area contributed by atoms with Crippen LogP contribution in [0.3, 0.4) is 0 Å². The molecular weight excluding hydrogens is 318 g/mol. The molecule has 0 unspecified atom stereocenters. The lowest BCUT2D eigenvalue weighted by atomic mass is 10.2. The third kappa shape index (κ3) is 3.97. The van der Waals surface area contributed by atoms with E-state index < -0.39 is 0 Å². The van der Waals surface area contributed by atoms with Crippen LogP contribution in [-0.2, 0) is 4.79 Å². The van der Waals surface area contributed by atoms with E-state index in [0.717, 1.165) is 33.9 Å². The number of rotatable bonds is 6. The van der Waals surface area contributed by atoms with E-state index in [0.29, 0.717) is 18.0 Å². The van der Waals surface area contributed by atoms with E-state index in [-0.39, 0.29) is 5.91 Å². The van der Waals surface area contributed by atoms with Crippen molar-refractivity contribution in [1.82, 2.24) is 9.88 Å². The van der Waals surface area contributed by atoms with Crippen molar-refractivity contribution < 1.29 is 4.79 Å². The van der Waals surface area contributed by atoms with Crippen LogP contribution in [0.1, 0.15) is 25.3 Å². The number of carbonyl (C=O) groups excluding carboxylic acids is 1. The van der Waals surface area contributed by atoms with Gasteiger partial charge in [-0.2, -0.15) is 0 Å². The molecule has 0 N–H and O–H groups in total. The quantitative estimate of drug-likeness (QED) is 0.799. The number of anilines is 1. The van der Waals surface area contributed by atoms with Crippen molar-refractivity contribution in [1.29, 1.82) is 0 Å². The molecule has 0 atom stereocenters. The number of hydrogen-bond acceptors (Lipinski definition) is 4. The summed E-state index contributed by atoms with van der Waals surface area (Å²) < 4.78 is 1.03. The molecule has 0 fully saturated rings. The van der Waals surface area contributed by atoms with Gasteiger partial charge in [0.05, 0.1) is 10.2 Å². The first-order chi connectivity index (χ1) is 10.4. The summed E-state index contributed by atoms with van der Waals surface area (Å²) in [6.45, 7) is 5.48. The fraction of sp³-hybridized carbons (Fsp3) is 0.500. The monoisotopic (exact) mass is 339 g/mol. The number of carbonyl (C=O) groups is 1. The molecule has 0 bridgehead atoms. The Morgan fingerprint density at radius 3 is 2.68 bits per heavy atom. The Bertz CT molecular complexity index is 669. The predicted octanol–water partition coefficient (Wildman–Crippen LogP) is 3.95. The van der Waals surface area contributed by atoms with Crippen LogP contribution in [0.15, 0.2) is 12.1 Å². The topological polar surface area (TPSA) is 36.4 Å². The van der Waals surface area contributed by atoms with Crippen LogP contribution in [0, 0.1) is 6.92 Å². The number of amides is 1. The first-order valence-electron chi connectivity index (χ1n) is 7.44. The highest BCUT2D eigenvalue weighted by Gasteiger charge is 2.19. The molecule has 1 amide bonds. The molecule has 2 aromatic rings. The molecule has 0 aliphatic heterocycles. The number of hydrogen-bond donors (Lipinski definition) is 0. The zero-order chi connectivity index (χ0) is 16.3. The van der Waals surface area contributed by atoms with Gasteiger partial charge in [0.15, 0.2) is 5.13 Å². The number of aryl methyl sites for hydroxylation is 1. The summed E-state index contributed by atoms with van der Waals surface area (Å²) in [7, 11) is 4.01. The number of halogens is 1. The minimum Gasteiger partial charge on any atom is -0.308 e. The van der Waals surface area contributed by atoms with Crippen molar-refractivity contribution in [3.63, 3.8) is 0 Å². The molecule has 120 valence electrons. The van der Waals surface area contributed by atoms with Gasteiger partial charge in [0.25, 0.3) is 0 Å². The summed E-state index contributed by atoms with van der Waals surface area (Å²) in [5.74, 6) is 0.132. The fourth-order valence-corrected chi connectivity index (χ4v) is 3.70. The Morgan fingerprint density at radius 1 is 1.32 bits per heavy atom. The van der Waals surface area contributed by atoms with E-state index in [4.69, 9.17) is 11.6 Å². The van der Waals surface area contributed by atoms with Gasteiger partial charge < -0.3 is 4.90 Å². The zero-order valence-electron chi connectivity index (χ0n) is 13.5. The highest BCUT2D eigenvalue weighted by molar-refractivity contribution is 7.22. The second-order valence-electron chi connectivity index (χ2n) is 5.66. The molecule has 0 radical (unpaired) electrons. The summed E-state index contributed by atoms with van der Waals surface area (Å²) in [5.41, 5.74) is 1.98. The molecule has 1 heterocycles. The summed E-state index contributed by atoms with van der Waals surface area (Å²) >= 11 is 7.65. The summed E-state index contributed by atoms with van der Waals surface area (Å²) in [6.07, 6.45) is 1.39. The highest BCUT2D eigenvalue weighted by Crippen LogP contribution is 2.33. The van der Waals surface area contributed by atoms with E-state index in [1.54, 1.807) is 0 Å². The number of nitrogens with zero attached hydrogens (tertiary/aromatic N) is 3. The van der Waals surface area contributed by atoms with Gasteiger partial charge in [-0.25, -0.2) is 4.98 Å². The molecule has 2 rings (SSSR count). The van der Waals surface area contributed by atoms with Crippen molar-refractivity contribution in [2.24, 2.45) is 0 Å². The van der Waals surface area contributed by atoms with E-state index in [9.17, 15) is 4.79 Å². The van der Waals surface area contributed by atoms with Gasteiger partial charge in [-0.15, -0.1) is 0 Å². The second kappa shape index (κ2) is 7.40. The van der Waals surface area contributed by atoms with Crippen molar-refractivity contribution in [2.75, 3.05) is 32.1 Å². The lowest BCUT2D eigenvalue weighted by Gasteiger charge is -2.21. The Morgan fingerprint density at radius 2 is 2.05 bits per heavy atom. The first-order valence-corrected chi connectivity index (χ1v) is 8.63. The molecule has 0 aliphatic rings. The van der Waals surface area contributed by atoms with Crippen molar-refractivity contribution in [2.45, 2.75) is 26.7 Å². The zero-order valence-corrected chi connectivity index (χ0v) is 15.1. The van der Waals surface area contributed by atoms with E-state index in [2.05, 4.69) is 9.88 Å². The van der Waals surface area contributed by atoms with Crippen LogP contribution in [0.25, 0.3) is 10.2 Å². The van der Waals surface area contributed by atoms with Crippen LogP contribution in [0.2, 0.25) is 5.02 Å². The van der Waals surface area contributed by atoms with E-state index >= 15 is 0 Å². The predicted molar refractivity (Wildman–Crippen MR) is 95.2 cm³/mol. The molecular formula is C16H22ClN3OS. The average Bonchev–Trinajstić information content (AvgIpc) is 2.82. The largest absolute Gasteiger partial charge is 0.308 e. The number of aromatic nitrogens is 1. The first kappa shape index (κ1) is 17.2. The summed E-state index contributed by atoms with van der Waals surface area (Å²) in [6, 6.07) is 3.82. The SMILES string of the molecule is CCCC(=O)N(CCN(C)C)c1nc2c(C)cc(Cl)cc2s1. The van der Waals surface area contributed by atoms with Crippen molar-refractivity contribution in [3.8, 4) is 0 Å². The standard InChI is InChI=1S/C16H22ClN3OS/c1-5-6-14(21)20(8-7-19(3)4)16-18-15-11(2)9-12(17)10-13(15)22-16/h9-10H,5-8H2,1-4H3. The molecule has 1 aromatic carbocycles. The molecule has 0 aliphatic carbocycles. The van der Waals surface area contributed by atoms with E-state index in [1.807, 2.05) is 45.0 Å². The molecule has 1 aromatic heterocycles. The van der Waals surface area contributed by atoms with Crippen LogP contribution in [-0.4, -0.2) is 43.0 Å². The minimum absolute atomic E-state index is 0.132. The lowest BCUT2D eigenvalue weighted by molar-refractivity contribution is -0.118. The third-order valence-corrected chi connectivity index (χ3v) is 4.65. The van der Waals surface area contributed by atoms with E-state index in [1.165, 1.54) is 11.3 Å². The number of benzene rings is 1. The van der Waals surface area contributed by atoms with Gasteiger partial charge >= 0.3 is 0 Å². The molecule has 0 saturated heterocycles. The fourth-order valence-electron chi connectivity index (χ4n) is 2.23. The van der Waals surface area contributed by atoms with Gasteiger partial charge in [-0.1, -0.05) is 29.9 Å². The normalized spacial score (nSPS) is 11.4. The average molecular weight is 340 g/mol. The van der Waals surface area contributed by atoms with Crippen LogP contribution >= 0.6 is 22.9 Å². The third-order valence-electron chi connectivity index (χ3n) is 3.41. The summed E-state index contributed by atoms with van der Waals surface area (Å²) in [4.78, 5) is 21.0. The number of fused-ring (bicyclic) bond motifs is 1. The Kier molecular flexibility index (Phi) is 5.78. The smallest absolute Gasteiger partial charge is 0.228 e. The second-order valence-corrected chi connectivity index (χ2v) is 7.11. The molecule has 4 nitrogen and oxygen atoms in total. The van der Waals surface area contributed by atoms with Crippen LogP contribution in [0.5, 0.6) is 0 Å². The maximum atomic E-state index is 12.4. The number of likely N-dealkylation sites (N-methyl/N-ethyl adjacent to an activating group) is 1. The molecule has 0 saturated carbocycles. The van der Waals surface area contributed by atoms with Crippen molar-refractivity contribution in [3.05, 3.63) is 22.7 Å². The maximum absolute atomic E-state index is 12.4. The Labute approximate surface area is 140 Å². The summed E-state index contributed by atoms with van der Waals surface area (Å²) in [5, 5.41) is 1.47. The van der Waals surface area contributed by atoms with Crippen molar-refractivity contribution >= 4 is 44.2 Å². The van der Waals surface area contributed by atoms with Gasteiger partial charge in [0, 0.05) is 24.5 Å². The van der Waals surface area contributed by atoms with Gasteiger partial charge in [-0.3, -0.25) is 9.69 Å². The van der Waals surface area contributed by atoms with Crippen LogP contribution in [0.4, 0.5) is 5.13 Å². The Hall–Kier alpha value is -1.17. The van der Waals surface area contributed by atoms with Gasteiger partial charge in [0.2, 0.25) is 5.91 Å². The maximum Gasteiger partial charge on any atom is 0.228 e. The minimum atomic E-state index is 0.132. The molecule has 22 heavy (non-hydrogen) atoms. The van der Waals surface area contributed by atoms with Gasteiger partial charge in [0.1, 0.15) is 0 Å². The molecule has 0 spiro atoms. The number of thiazole rings is 1. The lowest BCUT2D eigenvalue weighted by Crippen LogP contribution is -2.36. The highest BCUT2D eigenvalue weighted by atomic mass is 35.5. The molecule has 6 heteroatoms. The van der Waals surface area contributed by atoms with Crippen LogP contribution < -0.4 is 4.90 Å². The van der Waals surface area contributed by atoms with Gasteiger partial charge in [-0.05, 0) is 45.1 Å².